The van der Waals surface area contributed by atoms with E-state index in [4.69, 9.17) is 15.2 Å². The predicted octanol–water partition coefficient (Wildman–Crippen LogP) is 3.89. The van der Waals surface area contributed by atoms with Crippen molar-refractivity contribution in [2.45, 2.75) is 20.1 Å². The molecule has 0 atom stereocenters. The third-order valence-corrected chi connectivity index (χ3v) is 5.82. The molecule has 0 spiro atoms. The number of primary amides is 1. The number of halogens is 2. The number of amides is 1. The third-order valence-electron chi connectivity index (χ3n) is 5.82. The van der Waals surface area contributed by atoms with Crippen LogP contribution in [0.1, 0.15) is 6.92 Å². The first kappa shape index (κ1) is 25.6. The van der Waals surface area contributed by atoms with Crippen LogP contribution in [0.25, 0.3) is 38.9 Å². The second-order valence-electron chi connectivity index (χ2n) is 8.24. The number of benzene rings is 2. The molecule has 0 fully saturated rings. The molecule has 200 valence electrons. The van der Waals surface area contributed by atoms with E-state index in [-0.39, 0.29) is 24.0 Å². The van der Waals surface area contributed by atoms with Crippen molar-refractivity contribution >= 4 is 28.2 Å². The number of carbonyl (C=O) groups is 1. The number of alkyl halides is 2. The summed E-state index contributed by atoms with van der Waals surface area (Å²) in [5, 5.41) is 0.546. The van der Waals surface area contributed by atoms with Gasteiger partial charge in [-0.2, -0.15) is 13.8 Å². The lowest BCUT2D eigenvalue weighted by atomic mass is 10.0. The number of pyridine rings is 1. The van der Waals surface area contributed by atoms with Crippen LogP contribution >= 0.6 is 0 Å². The molecule has 2 aromatic carbocycles. The first-order chi connectivity index (χ1) is 18.8. The molecule has 0 radical (unpaired) electrons. The van der Waals surface area contributed by atoms with Gasteiger partial charge >= 0.3 is 18.7 Å². The van der Waals surface area contributed by atoms with E-state index in [0.29, 0.717) is 46.4 Å². The van der Waals surface area contributed by atoms with Gasteiger partial charge in [-0.3, -0.25) is 9.36 Å². The van der Waals surface area contributed by atoms with E-state index in [0.717, 1.165) is 0 Å². The van der Waals surface area contributed by atoms with Crippen molar-refractivity contribution in [1.82, 2.24) is 24.1 Å². The number of hydrogen-bond acceptors (Lipinski definition) is 8. The monoisotopic (exact) mass is 536 g/mol. The van der Waals surface area contributed by atoms with Crippen molar-refractivity contribution in [3.05, 3.63) is 71.4 Å². The fourth-order valence-electron chi connectivity index (χ4n) is 4.15. The molecule has 5 rings (SSSR count). The van der Waals surface area contributed by atoms with Crippen LogP contribution in [0.4, 0.5) is 13.6 Å². The van der Waals surface area contributed by atoms with Crippen LogP contribution in [-0.4, -0.2) is 50.0 Å². The molecular weight excluding hydrogens is 514 g/mol. The van der Waals surface area contributed by atoms with Gasteiger partial charge in [-0.25, -0.2) is 14.8 Å². The molecule has 13 heteroatoms. The van der Waals surface area contributed by atoms with Crippen LogP contribution in [0.3, 0.4) is 0 Å². The van der Waals surface area contributed by atoms with Gasteiger partial charge in [0.2, 0.25) is 0 Å². The maximum Gasteiger partial charge on any atom is 0.404 e. The van der Waals surface area contributed by atoms with E-state index in [1.165, 1.54) is 28.8 Å². The normalized spacial score (nSPS) is 11.3. The molecule has 11 nitrogen and oxygen atoms in total. The Balaban J connectivity index is 1.65. The topological polar surface area (TPSA) is 136 Å². The van der Waals surface area contributed by atoms with Crippen LogP contribution in [0.15, 0.2) is 65.8 Å². The third kappa shape index (κ3) is 5.32. The Labute approximate surface area is 219 Å². The molecule has 39 heavy (non-hydrogen) atoms. The molecule has 2 N–H and O–H groups in total. The number of hydrogen-bond donors (Lipinski definition) is 1. The molecule has 0 aliphatic carbocycles. The van der Waals surface area contributed by atoms with E-state index in [9.17, 15) is 18.4 Å². The Morgan fingerprint density at radius 2 is 1.90 bits per heavy atom. The predicted molar refractivity (Wildman–Crippen MR) is 137 cm³/mol. The minimum absolute atomic E-state index is 0.0501. The quantitative estimate of drug-likeness (QED) is 0.300. The molecular formula is C26H22F2N6O5. The average molecular weight is 536 g/mol. The summed E-state index contributed by atoms with van der Waals surface area (Å²) in [6.45, 7) is -0.502. The Morgan fingerprint density at radius 1 is 1.10 bits per heavy atom. The summed E-state index contributed by atoms with van der Waals surface area (Å²) in [6, 6.07) is 12.8. The lowest BCUT2D eigenvalue weighted by molar-refractivity contribution is -0.0498. The van der Waals surface area contributed by atoms with Gasteiger partial charge in [0.15, 0.2) is 5.65 Å². The molecule has 3 heterocycles. The van der Waals surface area contributed by atoms with E-state index < -0.39 is 18.3 Å². The summed E-state index contributed by atoms with van der Waals surface area (Å²) in [5.41, 5.74) is 7.61. The first-order valence-corrected chi connectivity index (χ1v) is 11.8. The van der Waals surface area contributed by atoms with Crippen molar-refractivity contribution < 1.29 is 27.8 Å². The molecule has 0 saturated carbocycles. The van der Waals surface area contributed by atoms with Crippen LogP contribution in [-0.2, 0) is 11.3 Å². The van der Waals surface area contributed by atoms with Crippen molar-refractivity contribution in [3.8, 4) is 28.6 Å². The van der Waals surface area contributed by atoms with Crippen LogP contribution in [0.5, 0.6) is 11.8 Å². The number of ether oxygens (including phenoxy) is 3. The van der Waals surface area contributed by atoms with Gasteiger partial charge in [0.05, 0.1) is 36.2 Å². The highest BCUT2D eigenvalue weighted by Gasteiger charge is 2.17. The fraction of sp³-hybridized carbons (Fsp3) is 0.192. The molecule has 0 bridgehead atoms. The SMILES string of the molecule is CCOc1ncc2cc(-c3ccc4ncn(CCOC(N)=O)c4c3)c(=O)n(-c3ccc(OC(F)F)cc3)c2n1. The zero-order valence-electron chi connectivity index (χ0n) is 20.6. The van der Waals surface area contributed by atoms with Gasteiger partial charge in [-0.05, 0) is 55.0 Å². The lowest BCUT2D eigenvalue weighted by Crippen LogP contribution is -2.21. The van der Waals surface area contributed by atoms with Crippen molar-refractivity contribution in [3.63, 3.8) is 0 Å². The zero-order valence-corrected chi connectivity index (χ0v) is 20.6. The highest BCUT2D eigenvalue weighted by molar-refractivity contribution is 5.86. The van der Waals surface area contributed by atoms with E-state index in [1.807, 2.05) is 0 Å². The Hall–Kier alpha value is -5.07. The van der Waals surface area contributed by atoms with Gasteiger partial charge in [0, 0.05) is 17.1 Å². The molecule has 0 saturated heterocycles. The minimum Gasteiger partial charge on any atom is -0.464 e. The van der Waals surface area contributed by atoms with Crippen molar-refractivity contribution in [1.29, 1.82) is 0 Å². The summed E-state index contributed by atoms with van der Waals surface area (Å²) in [6.07, 6.45) is 2.27. The molecule has 0 aliphatic heterocycles. The molecule has 1 amide bonds. The summed E-state index contributed by atoms with van der Waals surface area (Å²) in [4.78, 5) is 37.9. The van der Waals surface area contributed by atoms with Crippen LogP contribution < -0.4 is 20.8 Å². The maximum atomic E-state index is 13.9. The van der Waals surface area contributed by atoms with E-state index in [2.05, 4.69) is 19.7 Å². The van der Waals surface area contributed by atoms with Gasteiger partial charge < -0.3 is 24.5 Å². The standard InChI is InChI=1S/C26H22F2N6O5/c1-2-37-26-30-13-16-11-19(15-3-8-20-21(12-15)33(14-31-20)9-10-38-25(29)36)23(35)34(22(16)32-26)17-4-6-18(7-5-17)39-24(27)28/h3-8,11-14,24H,2,9-10H2,1H3,(H2,29,36). The summed E-state index contributed by atoms with van der Waals surface area (Å²) >= 11 is 0. The first-order valence-electron chi connectivity index (χ1n) is 11.8. The summed E-state index contributed by atoms with van der Waals surface area (Å²) in [5.74, 6) is -0.0501. The average Bonchev–Trinajstić information content (AvgIpc) is 3.31. The van der Waals surface area contributed by atoms with Crippen LogP contribution in [0, 0.1) is 0 Å². The number of imidazole rings is 1. The van der Waals surface area contributed by atoms with Gasteiger partial charge in [-0.1, -0.05) is 6.07 Å². The number of nitrogens with two attached hydrogens (primary N) is 1. The lowest BCUT2D eigenvalue weighted by Gasteiger charge is -2.14. The number of nitrogens with zero attached hydrogens (tertiary/aromatic N) is 5. The van der Waals surface area contributed by atoms with Gasteiger partial charge in [-0.15, -0.1) is 0 Å². The Bertz CT molecular complexity index is 1720. The number of fused-ring (bicyclic) bond motifs is 2. The summed E-state index contributed by atoms with van der Waals surface area (Å²) in [7, 11) is 0. The van der Waals surface area contributed by atoms with Crippen molar-refractivity contribution in [2.24, 2.45) is 5.73 Å². The second kappa shape index (κ2) is 10.7. The Morgan fingerprint density at radius 3 is 2.62 bits per heavy atom. The number of aromatic nitrogens is 5. The Kier molecular flexibility index (Phi) is 7.04. The smallest absolute Gasteiger partial charge is 0.404 e. The van der Waals surface area contributed by atoms with E-state index in [1.54, 1.807) is 48.3 Å². The fourth-order valence-corrected chi connectivity index (χ4v) is 4.15. The highest BCUT2D eigenvalue weighted by Crippen LogP contribution is 2.27. The minimum atomic E-state index is -2.98. The van der Waals surface area contributed by atoms with Gasteiger partial charge in [0.25, 0.3) is 5.56 Å². The second-order valence-corrected chi connectivity index (χ2v) is 8.24. The molecule has 0 unspecified atom stereocenters. The number of carbonyl (C=O) groups excluding carboxylic acids is 1. The highest BCUT2D eigenvalue weighted by atomic mass is 19.3. The van der Waals surface area contributed by atoms with Crippen molar-refractivity contribution in [2.75, 3.05) is 13.2 Å². The molecule has 3 aromatic heterocycles. The number of rotatable bonds is 9. The van der Waals surface area contributed by atoms with E-state index >= 15 is 0 Å². The zero-order chi connectivity index (χ0) is 27.5. The molecule has 5 aromatic rings. The largest absolute Gasteiger partial charge is 0.464 e. The molecule has 0 aliphatic rings. The van der Waals surface area contributed by atoms with Crippen LogP contribution in [0.2, 0.25) is 0 Å². The summed E-state index contributed by atoms with van der Waals surface area (Å²) < 4.78 is 43.2. The maximum absolute atomic E-state index is 13.9. The van der Waals surface area contributed by atoms with Gasteiger partial charge in [0.1, 0.15) is 12.4 Å².